The summed E-state index contributed by atoms with van der Waals surface area (Å²) in [4.78, 5) is 22.2. The fraction of sp³-hybridized carbons (Fsp3) is 0.263. The van der Waals surface area contributed by atoms with Crippen molar-refractivity contribution in [2.75, 3.05) is 13.2 Å². The van der Waals surface area contributed by atoms with Crippen LogP contribution in [0, 0.1) is 5.92 Å². The number of ether oxygens (including phenoxy) is 1. The Bertz CT molecular complexity index is 681. The quantitative estimate of drug-likeness (QED) is 0.922. The summed E-state index contributed by atoms with van der Waals surface area (Å²) in [5.74, 6) is -0.293. The summed E-state index contributed by atoms with van der Waals surface area (Å²) in [6.07, 6.45) is 1.32. The zero-order valence-corrected chi connectivity index (χ0v) is 12.9. The van der Waals surface area contributed by atoms with Crippen LogP contribution in [0.15, 0.2) is 48.5 Å². The highest BCUT2D eigenvalue weighted by atomic mass is 16.5. The SMILES string of the molecule is CC([C]=O)CNC(=O)OCC1c2ccccc2-c2ccccc21. The van der Waals surface area contributed by atoms with E-state index in [1.807, 2.05) is 30.6 Å². The van der Waals surface area contributed by atoms with Crippen molar-refractivity contribution in [3.63, 3.8) is 0 Å². The predicted octanol–water partition coefficient (Wildman–Crippen LogP) is 3.27. The number of benzene rings is 2. The largest absolute Gasteiger partial charge is 0.449 e. The minimum absolute atomic E-state index is 0.0446. The van der Waals surface area contributed by atoms with E-state index in [9.17, 15) is 9.59 Å². The maximum atomic E-state index is 11.8. The van der Waals surface area contributed by atoms with Crippen LogP contribution in [0.1, 0.15) is 24.0 Å². The second-order valence-corrected chi connectivity index (χ2v) is 5.73. The minimum Gasteiger partial charge on any atom is -0.449 e. The summed E-state index contributed by atoms with van der Waals surface area (Å²) in [6, 6.07) is 16.4. The van der Waals surface area contributed by atoms with Gasteiger partial charge in [0.25, 0.3) is 0 Å². The van der Waals surface area contributed by atoms with Gasteiger partial charge in [0.05, 0.1) is 0 Å². The molecule has 3 rings (SSSR count). The van der Waals surface area contributed by atoms with Gasteiger partial charge in [0.15, 0.2) is 0 Å². The van der Waals surface area contributed by atoms with Gasteiger partial charge < -0.3 is 10.1 Å². The first-order chi connectivity index (χ1) is 11.2. The van der Waals surface area contributed by atoms with Gasteiger partial charge in [-0.3, -0.25) is 4.79 Å². The van der Waals surface area contributed by atoms with Gasteiger partial charge in [-0.15, -0.1) is 0 Å². The van der Waals surface area contributed by atoms with E-state index in [0.29, 0.717) is 0 Å². The number of rotatable bonds is 5. The van der Waals surface area contributed by atoms with Crippen LogP contribution in [0.2, 0.25) is 0 Å². The molecule has 23 heavy (non-hydrogen) atoms. The molecule has 0 heterocycles. The molecule has 4 heteroatoms. The number of hydrogen-bond acceptors (Lipinski definition) is 3. The van der Waals surface area contributed by atoms with E-state index in [1.165, 1.54) is 22.3 Å². The van der Waals surface area contributed by atoms with E-state index >= 15 is 0 Å². The Morgan fingerprint density at radius 1 is 1.13 bits per heavy atom. The van der Waals surface area contributed by atoms with Crippen molar-refractivity contribution in [2.24, 2.45) is 5.92 Å². The average Bonchev–Trinajstić information content (AvgIpc) is 2.92. The summed E-state index contributed by atoms with van der Waals surface area (Å²) < 4.78 is 5.35. The normalized spacial score (nSPS) is 13.8. The zero-order chi connectivity index (χ0) is 16.2. The van der Waals surface area contributed by atoms with Crippen molar-refractivity contribution in [2.45, 2.75) is 12.8 Å². The smallest absolute Gasteiger partial charge is 0.407 e. The number of nitrogens with one attached hydrogen (secondary N) is 1. The van der Waals surface area contributed by atoms with Gasteiger partial charge in [0.1, 0.15) is 6.61 Å². The summed E-state index contributed by atoms with van der Waals surface area (Å²) in [7, 11) is 0. The Morgan fingerprint density at radius 2 is 1.70 bits per heavy atom. The van der Waals surface area contributed by atoms with Crippen LogP contribution in [-0.2, 0) is 9.53 Å². The molecule has 0 saturated heterocycles. The van der Waals surface area contributed by atoms with Crippen LogP contribution in [0.5, 0.6) is 0 Å². The van der Waals surface area contributed by atoms with E-state index < -0.39 is 6.09 Å². The van der Waals surface area contributed by atoms with Gasteiger partial charge in [-0.25, -0.2) is 4.79 Å². The topological polar surface area (TPSA) is 55.4 Å². The number of hydrogen-bond donors (Lipinski definition) is 1. The zero-order valence-electron chi connectivity index (χ0n) is 12.9. The van der Waals surface area contributed by atoms with Crippen molar-refractivity contribution < 1.29 is 14.3 Å². The number of carbonyl (C=O) groups is 1. The molecule has 1 radical (unpaired) electrons. The lowest BCUT2D eigenvalue weighted by Crippen LogP contribution is -2.30. The van der Waals surface area contributed by atoms with Crippen molar-refractivity contribution in [1.29, 1.82) is 0 Å². The van der Waals surface area contributed by atoms with Crippen molar-refractivity contribution in [3.8, 4) is 11.1 Å². The number of carbonyl (C=O) groups excluding carboxylic acids is 2. The van der Waals surface area contributed by atoms with Gasteiger partial charge in [-0.2, -0.15) is 0 Å². The molecule has 0 fully saturated rings. The summed E-state index contributed by atoms with van der Waals surface area (Å²) in [5, 5.41) is 2.58. The van der Waals surface area contributed by atoms with Gasteiger partial charge in [-0.05, 0) is 22.3 Å². The highest BCUT2D eigenvalue weighted by Gasteiger charge is 2.28. The molecule has 1 amide bonds. The molecule has 1 aliphatic carbocycles. The standard InChI is InChI=1S/C19H18NO3/c1-13(11-21)10-20-19(22)23-12-18-16-8-4-2-6-14(16)15-7-3-5-9-17(15)18/h2-9,13,18H,10,12H2,1H3,(H,20,22). The predicted molar refractivity (Wildman–Crippen MR) is 87.9 cm³/mol. The Kier molecular flexibility index (Phi) is 4.42. The Balaban J connectivity index is 1.71. The molecule has 1 unspecified atom stereocenters. The molecule has 0 bridgehead atoms. The first-order valence-corrected chi connectivity index (χ1v) is 7.67. The van der Waals surface area contributed by atoms with E-state index in [0.717, 1.165) is 0 Å². The van der Waals surface area contributed by atoms with Gasteiger partial charge in [0.2, 0.25) is 6.29 Å². The number of fused-ring (bicyclic) bond motifs is 3. The molecule has 1 aliphatic rings. The van der Waals surface area contributed by atoms with Crippen LogP contribution < -0.4 is 5.32 Å². The van der Waals surface area contributed by atoms with E-state index in [2.05, 4.69) is 29.6 Å². The minimum atomic E-state index is -0.506. The molecular formula is C19H18NO3. The fourth-order valence-corrected chi connectivity index (χ4v) is 2.93. The summed E-state index contributed by atoms with van der Waals surface area (Å²) in [6.45, 7) is 2.20. The molecule has 0 saturated carbocycles. The average molecular weight is 308 g/mol. The van der Waals surface area contributed by atoms with E-state index in [-0.39, 0.29) is 25.0 Å². The second kappa shape index (κ2) is 6.65. The van der Waals surface area contributed by atoms with E-state index in [1.54, 1.807) is 6.92 Å². The van der Waals surface area contributed by atoms with Crippen molar-refractivity contribution in [1.82, 2.24) is 5.32 Å². The number of alkyl carbamates (subject to hydrolysis) is 1. The third-order valence-corrected chi connectivity index (χ3v) is 4.10. The first kappa shape index (κ1) is 15.3. The Hall–Kier alpha value is -2.62. The maximum Gasteiger partial charge on any atom is 0.407 e. The van der Waals surface area contributed by atoms with Gasteiger partial charge in [0, 0.05) is 18.4 Å². The Morgan fingerprint density at radius 3 is 2.26 bits per heavy atom. The molecule has 2 aromatic rings. The van der Waals surface area contributed by atoms with E-state index in [4.69, 9.17) is 4.74 Å². The first-order valence-electron chi connectivity index (χ1n) is 7.67. The van der Waals surface area contributed by atoms with Crippen LogP contribution >= 0.6 is 0 Å². The fourth-order valence-electron chi connectivity index (χ4n) is 2.93. The molecule has 0 aromatic heterocycles. The maximum absolute atomic E-state index is 11.8. The van der Waals surface area contributed by atoms with Crippen molar-refractivity contribution >= 4 is 12.4 Å². The Labute approximate surface area is 135 Å². The monoisotopic (exact) mass is 308 g/mol. The lowest BCUT2D eigenvalue weighted by Gasteiger charge is -2.14. The molecule has 1 N–H and O–H groups in total. The van der Waals surface area contributed by atoms with Crippen LogP contribution in [0.4, 0.5) is 4.79 Å². The van der Waals surface area contributed by atoms with Crippen molar-refractivity contribution in [3.05, 3.63) is 59.7 Å². The highest BCUT2D eigenvalue weighted by Crippen LogP contribution is 2.44. The summed E-state index contributed by atoms with van der Waals surface area (Å²) >= 11 is 0. The van der Waals surface area contributed by atoms with Gasteiger partial charge >= 0.3 is 6.09 Å². The molecular weight excluding hydrogens is 290 g/mol. The molecule has 0 spiro atoms. The van der Waals surface area contributed by atoms with Gasteiger partial charge in [-0.1, -0.05) is 55.5 Å². The molecule has 117 valence electrons. The molecule has 4 nitrogen and oxygen atoms in total. The molecule has 2 aromatic carbocycles. The summed E-state index contributed by atoms with van der Waals surface area (Å²) in [5.41, 5.74) is 4.75. The van der Waals surface area contributed by atoms with Crippen LogP contribution in [0.25, 0.3) is 11.1 Å². The number of amides is 1. The third kappa shape index (κ3) is 3.11. The highest BCUT2D eigenvalue weighted by molar-refractivity contribution is 5.79. The van der Waals surface area contributed by atoms with Crippen LogP contribution in [-0.4, -0.2) is 25.5 Å². The third-order valence-electron chi connectivity index (χ3n) is 4.10. The molecule has 1 atom stereocenters. The second-order valence-electron chi connectivity index (χ2n) is 5.73. The lowest BCUT2D eigenvalue weighted by molar-refractivity contribution is 0.142. The molecule has 0 aliphatic heterocycles. The lowest BCUT2D eigenvalue weighted by atomic mass is 9.98. The van der Waals surface area contributed by atoms with Crippen LogP contribution in [0.3, 0.4) is 0 Å².